The third kappa shape index (κ3) is 1.66. The fourth-order valence-electron chi connectivity index (χ4n) is 0.362. The molecule has 1 rings (SSSR count). The highest BCUT2D eigenvalue weighted by Gasteiger charge is 2.01. The molecule has 5 nitrogen and oxygen atoms in total. The van der Waals surface area contributed by atoms with Crippen molar-refractivity contribution < 1.29 is 4.84 Å². The van der Waals surface area contributed by atoms with Gasteiger partial charge in [-0.3, -0.25) is 0 Å². The van der Waals surface area contributed by atoms with Gasteiger partial charge in [0.25, 0.3) is 0 Å². The normalized spacial score (nSPS) is 9.50. The first-order valence-electron chi connectivity index (χ1n) is 2.16. The first-order valence-corrected chi connectivity index (χ1v) is 2.92. The van der Waals surface area contributed by atoms with E-state index in [0.29, 0.717) is 0 Å². The number of rotatable bonds is 1. The highest BCUT2D eigenvalue weighted by Crippen LogP contribution is 2.09. The van der Waals surface area contributed by atoms with Crippen LogP contribution in [-0.4, -0.2) is 15.0 Å². The lowest BCUT2D eigenvalue weighted by molar-refractivity contribution is 0.305. The van der Waals surface area contributed by atoms with Crippen LogP contribution in [0.3, 0.4) is 0 Å². The second-order valence-corrected chi connectivity index (χ2v) is 1.95. The van der Waals surface area contributed by atoms with Gasteiger partial charge < -0.3 is 4.84 Å². The Morgan fingerprint density at radius 2 is 1.60 bits per heavy atom. The molecule has 10 heavy (non-hydrogen) atoms. The summed E-state index contributed by atoms with van der Waals surface area (Å²) >= 11 is 10.7. The van der Waals surface area contributed by atoms with E-state index in [1.54, 1.807) is 0 Å². The van der Waals surface area contributed by atoms with E-state index in [2.05, 4.69) is 19.8 Å². The monoisotopic (exact) mass is 180 g/mol. The van der Waals surface area contributed by atoms with Gasteiger partial charge in [0, 0.05) is 0 Å². The van der Waals surface area contributed by atoms with E-state index < -0.39 is 0 Å². The number of aromatic nitrogens is 3. The summed E-state index contributed by atoms with van der Waals surface area (Å²) in [7, 11) is 0. The summed E-state index contributed by atoms with van der Waals surface area (Å²) in [6, 6.07) is -0.106. The Hall–Kier alpha value is -0.650. The SMILES string of the molecule is NOc1nc(Cl)nc(Cl)n1. The third-order valence-electron chi connectivity index (χ3n) is 0.666. The average molecular weight is 181 g/mol. The summed E-state index contributed by atoms with van der Waals surface area (Å²) in [6.07, 6.45) is 0. The highest BCUT2D eigenvalue weighted by atomic mass is 35.5. The van der Waals surface area contributed by atoms with Crippen molar-refractivity contribution in [2.45, 2.75) is 0 Å². The lowest BCUT2D eigenvalue weighted by Crippen LogP contribution is -2.06. The molecule has 0 atom stereocenters. The molecule has 0 saturated carbocycles. The van der Waals surface area contributed by atoms with Gasteiger partial charge in [0.15, 0.2) is 0 Å². The molecule has 0 fully saturated rings. The third-order valence-corrected chi connectivity index (χ3v) is 1.00. The molecule has 0 spiro atoms. The first-order chi connectivity index (χ1) is 4.72. The standard InChI is InChI=1S/C3H2Cl2N4O/c4-1-7-2(5)9-3(8-1)10-6/h6H2. The molecule has 0 aliphatic carbocycles. The Bertz CT molecular complexity index is 222. The van der Waals surface area contributed by atoms with Gasteiger partial charge in [0.2, 0.25) is 10.6 Å². The van der Waals surface area contributed by atoms with Crippen molar-refractivity contribution in [2.24, 2.45) is 5.90 Å². The van der Waals surface area contributed by atoms with Gasteiger partial charge in [-0.2, -0.15) is 20.8 Å². The molecule has 0 aromatic carbocycles. The Balaban J connectivity index is 3.06. The summed E-state index contributed by atoms with van der Waals surface area (Å²) < 4.78 is 0. The van der Waals surface area contributed by atoms with Gasteiger partial charge in [-0.05, 0) is 23.2 Å². The summed E-state index contributed by atoms with van der Waals surface area (Å²) in [5.74, 6) is 4.72. The van der Waals surface area contributed by atoms with E-state index in [1.807, 2.05) is 0 Å². The van der Waals surface area contributed by atoms with Gasteiger partial charge in [0.1, 0.15) is 0 Å². The minimum Gasteiger partial charge on any atom is -0.371 e. The van der Waals surface area contributed by atoms with E-state index in [0.717, 1.165) is 0 Å². The summed E-state index contributed by atoms with van der Waals surface area (Å²) in [6.45, 7) is 0. The molecule has 0 radical (unpaired) electrons. The van der Waals surface area contributed by atoms with Crippen LogP contribution in [0.5, 0.6) is 6.01 Å². The molecule has 7 heteroatoms. The zero-order valence-corrected chi connectivity index (χ0v) is 6.10. The van der Waals surface area contributed by atoms with Crippen LogP contribution in [-0.2, 0) is 0 Å². The summed E-state index contributed by atoms with van der Waals surface area (Å²) in [5, 5.41) is -0.110. The lowest BCUT2D eigenvalue weighted by Gasteiger charge is -1.94. The number of nitrogens with zero attached hydrogens (tertiary/aromatic N) is 3. The van der Waals surface area contributed by atoms with Crippen molar-refractivity contribution in [3.05, 3.63) is 10.6 Å². The molecule has 2 N–H and O–H groups in total. The predicted octanol–water partition coefficient (Wildman–Crippen LogP) is 0.431. The Kier molecular flexibility index (Phi) is 2.21. The van der Waals surface area contributed by atoms with Crippen LogP contribution in [0.15, 0.2) is 0 Å². The van der Waals surface area contributed by atoms with Crippen molar-refractivity contribution in [2.75, 3.05) is 0 Å². The highest BCUT2D eigenvalue weighted by molar-refractivity contribution is 6.31. The molecule has 0 aliphatic heterocycles. The van der Waals surface area contributed by atoms with Gasteiger partial charge in [-0.1, -0.05) is 0 Å². The van der Waals surface area contributed by atoms with Crippen LogP contribution in [0.1, 0.15) is 0 Å². The zero-order valence-electron chi connectivity index (χ0n) is 4.58. The predicted molar refractivity (Wildman–Crippen MR) is 34.7 cm³/mol. The maximum Gasteiger partial charge on any atom is 0.341 e. The van der Waals surface area contributed by atoms with Crippen molar-refractivity contribution in [1.82, 2.24) is 15.0 Å². The lowest BCUT2D eigenvalue weighted by atomic mass is 11.0. The van der Waals surface area contributed by atoms with Crippen LogP contribution in [0.2, 0.25) is 10.6 Å². The molecular formula is C3H2Cl2N4O. The average Bonchev–Trinajstić information content (AvgIpc) is 1.85. The molecule has 0 amide bonds. The van der Waals surface area contributed by atoms with E-state index in [-0.39, 0.29) is 16.6 Å². The Morgan fingerprint density at radius 1 is 1.10 bits per heavy atom. The summed E-state index contributed by atoms with van der Waals surface area (Å²) in [4.78, 5) is 14.5. The van der Waals surface area contributed by atoms with Crippen molar-refractivity contribution in [1.29, 1.82) is 0 Å². The second kappa shape index (κ2) is 2.96. The summed E-state index contributed by atoms with van der Waals surface area (Å²) in [5.41, 5.74) is 0. The van der Waals surface area contributed by atoms with Gasteiger partial charge >= 0.3 is 6.01 Å². The van der Waals surface area contributed by atoms with Crippen molar-refractivity contribution in [3.8, 4) is 6.01 Å². The molecule has 1 aromatic rings. The fourth-order valence-corrected chi connectivity index (χ4v) is 0.710. The van der Waals surface area contributed by atoms with E-state index in [1.165, 1.54) is 0 Å². The van der Waals surface area contributed by atoms with Crippen LogP contribution in [0.4, 0.5) is 0 Å². The van der Waals surface area contributed by atoms with Crippen LogP contribution < -0.4 is 10.7 Å². The molecule has 54 valence electrons. The van der Waals surface area contributed by atoms with E-state index in [4.69, 9.17) is 29.1 Å². The second-order valence-electron chi connectivity index (χ2n) is 1.27. The van der Waals surface area contributed by atoms with Gasteiger partial charge in [-0.15, -0.1) is 0 Å². The number of hydrogen-bond acceptors (Lipinski definition) is 5. The largest absolute Gasteiger partial charge is 0.371 e. The topological polar surface area (TPSA) is 73.9 Å². The number of halogens is 2. The minimum absolute atomic E-state index is 0.0551. The number of hydrogen-bond donors (Lipinski definition) is 1. The maximum atomic E-state index is 5.35. The maximum absolute atomic E-state index is 5.35. The molecule has 0 aliphatic rings. The molecule has 0 saturated heterocycles. The smallest absolute Gasteiger partial charge is 0.341 e. The molecule has 0 unspecified atom stereocenters. The van der Waals surface area contributed by atoms with Gasteiger partial charge in [0.05, 0.1) is 0 Å². The molecular weight excluding hydrogens is 179 g/mol. The quantitative estimate of drug-likeness (QED) is 0.635. The molecule has 1 aromatic heterocycles. The van der Waals surface area contributed by atoms with Gasteiger partial charge in [-0.25, -0.2) is 0 Å². The van der Waals surface area contributed by atoms with Crippen LogP contribution in [0, 0.1) is 0 Å². The first kappa shape index (κ1) is 7.46. The molecule has 0 bridgehead atoms. The van der Waals surface area contributed by atoms with Crippen molar-refractivity contribution >= 4 is 23.2 Å². The minimum atomic E-state index is -0.106. The van der Waals surface area contributed by atoms with E-state index in [9.17, 15) is 0 Å². The van der Waals surface area contributed by atoms with Crippen molar-refractivity contribution in [3.63, 3.8) is 0 Å². The number of nitrogens with two attached hydrogens (primary N) is 1. The van der Waals surface area contributed by atoms with E-state index >= 15 is 0 Å². The zero-order chi connectivity index (χ0) is 7.56. The molecule has 1 heterocycles. The fraction of sp³-hybridized carbons (Fsp3) is 0. The Labute approximate surface area is 66.1 Å². The van der Waals surface area contributed by atoms with Crippen LogP contribution >= 0.6 is 23.2 Å². The van der Waals surface area contributed by atoms with Crippen LogP contribution in [0.25, 0.3) is 0 Å². The Morgan fingerprint density at radius 3 is 2.00 bits per heavy atom.